The van der Waals surface area contributed by atoms with Crippen LogP contribution >= 0.6 is 11.6 Å². The van der Waals surface area contributed by atoms with E-state index in [1.165, 1.54) is 0 Å². The number of hydrogen-bond donors (Lipinski definition) is 0. The lowest BCUT2D eigenvalue weighted by Crippen LogP contribution is -2.42. The van der Waals surface area contributed by atoms with Crippen molar-refractivity contribution in [1.29, 1.82) is 0 Å². The molecule has 1 fully saturated rings. The van der Waals surface area contributed by atoms with Crippen LogP contribution in [-0.4, -0.2) is 35.0 Å². The van der Waals surface area contributed by atoms with E-state index in [0.29, 0.717) is 24.4 Å². The van der Waals surface area contributed by atoms with Gasteiger partial charge in [-0.2, -0.15) is 0 Å². The van der Waals surface area contributed by atoms with Crippen LogP contribution < -0.4 is 0 Å². The van der Waals surface area contributed by atoms with Crippen molar-refractivity contribution in [2.24, 2.45) is 0 Å². The molecule has 0 aliphatic carbocycles. The maximum atomic E-state index is 12.4. The fourth-order valence-corrected chi connectivity index (χ4v) is 2.77. The average molecular weight is 350 g/mol. The first kappa shape index (κ1) is 18.5. The van der Waals surface area contributed by atoms with E-state index in [-0.39, 0.29) is 5.78 Å². The van der Waals surface area contributed by atoms with Crippen molar-refractivity contribution in [3.05, 3.63) is 47.0 Å². The molecule has 0 spiro atoms. The zero-order valence-electron chi connectivity index (χ0n) is 14.4. The molecule has 1 amide bonds. The number of rotatable bonds is 4. The molecule has 0 radical (unpaired) electrons. The highest BCUT2D eigenvalue weighted by atomic mass is 35.5. The van der Waals surface area contributed by atoms with E-state index in [1.54, 1.807) is 11.0 Å². The first-order valence-electron chi connectivity index (χ1n) is 8.21. The number of likely N-dealkylation sites (tertiary alicyclic amines) is 1. The quantitative estimate of drug-likeness (QED) is 0.756. The summed E-state index contributed by atoms with van der Waals surface area (Å²) in [4.78, 5) is 26.2. The number of allylic oxidation sites excluding steroid dienone is 1. The Bertz CT molecular complexity index is 616. The summed E-state index contributed by atoms with van der Waals surface area (Å²) in [5, 5.41) is 0.692. The molecule has 1 atom stereocenters. The summed E-state index contributed by atoms with van der Waals surface area (Å²) < 4.78 is 5.39. The molecule has 130 valence electrons. The number of benzene rings is 1. The molecular weight excluding hydrogens is 326 g/mol. The highest BCUT2D eigenvalue weighted by Gasteiger charge is 2.35. The molecule has 0 N–H and O–H groups in total. The van der Waals surface area contributed by atoms with Crippen LogP contribution in [0.2, 0.25) is 5.02 Å². The van der Waals surface area contributed by atoms with E-state index in [9.17, 15) is 9.59 Å². The van der Waals surface area contributed by atoms with E-state index >= 15 is 0 Å². The molecule has 1 aliphatic rings. The van der Waals surface area contributed by atoms with Gasteiger partial charge in [-0.25, -0.2) is 4.79 Å². The Kier molecular flexibility index (Phi) is 6.05. The van der Waals surface area contributed by atoms with Crippen LogP contribution in [0, 0.1) is 0 Å². The number of amides is 1. The Morgan fingerprint density at radius 3 is 2.58 bits per heavy atom. The van der Waals surface area contributed by atoms with Crippen molar-refractivity contribution in [3.8, 4) is 0 Å². The molecular formula is C19H24ClNO3. The average Bonchev–Trinajstić information content (AvgIpc) is 2.97. The maximum Gasteiger partial charge on any atom is 0.410 e. The van der Waals surface area contributed by atoms with Crippen LogP contribution in [0.5, 0.6) is 0 Å². The molecule has 0 unspecified atom stereocenters. The maximum absolute atomic E-state index is 12.4. The molecule has 5 heteroatoms. The minimum Gasteiger partial charge on any atom is -0.444 e. The fraction of sp³-hybridized carbons (Fsp3) is 0.474. The Hall–Kier alpha value is -1.81. The van der Waals surface area contributed by atoms with Crippen LogP contribution in [0.3, 0.4) is 0 Å². The van der Waals surface area contributed by atoms with Gasteiger partial charge in [-0.3, -0.25) is 9.69 Å². The SMILES string of the molecule is CC(C)(C)OC(=O)N1CCC[C@@H]1C(=O)C=CCc1ccc(Cl)cc1. The summed E-state index contributed by atoms with van der Waals surface area (Å²) in [6.07, 6.45) is 5.15. The van der Waals surface area contributed by atoms with Crippen LogP contribution in [-0.2, 0) is 16.0 Å². The van der Waals surface area contributed by atoms with Crippen molar-refractivity contribution in [2.75, 3.05) is 6.54 Å². The summed E-state index contributed by atoms with van der Waals surface area (Å²) in [6.45, 7) is 6.04. The Morgan fingerprint density at radius 2 is 1.96 bits per heavy atom. The molecule has 1 aromatic rings. The van der Waals surface area contributed by atoms with Gasteiger partial charge in [0.15, 0.2) is 5.78 Å². The number of carbonyl (C=O) groups is 2. The number of ether oxygens (including phenoxy) is 1. The lowest BCUT2D eigenvalue weighted by atomic mass is 10.1. The van der Waals surface area contributed by atoms with Gasteiger partial charge in [0.05, 0.1) is 6.04 Å². The summed E-state index contributed by atoms with van der Waals surface area (Å²) >= 11 is 5.85. The van der Waals surface area contributed by atoms with Crippen molar-refractivity contribution in [2.45, 2.75) is 51.7 Å². The third kappa shape index (κ3) is 5.38. The number of carbonyl (C=O) groups excluding carboxylic acids is 2. The summed E-state index contributed by atoms with van der Waals surface area (Å²) in [5.74, 6) is -0.0488. The third-order valence-electron chi connectivity index (χ3n) is 3.76. The molecule has 1 aliphatic heterocycles. The minimum atomic E-state index is -0.558. The standard InChI is InChI=1S/C19H24ClNO3/c1-19(2,3)24-18(23)21-13-5-7-16(21)17(22)8-4-6-14-9-11-15(20)12-10-14/h4,8-12,16H,5-7,13H2,1-3H3/t16-/m1/s1. The van der Waals surface area contributed by atoms with Crippen molar-refractivity contribution in [3.63, 3.8) is 0 Å². The third-order valence-corrected chi connectivity index (χ3v) is 4.01. The van der Waals surface area contributed by atoms with E-state index in [2.05, 4.69) is 0 Å². The highest BCUT2D eigenvalue weighted by molar-refractivity contribution is 6.30. The predicted molar refractivity (Wildman–Crippen MR) is 95.3 cm³/mol. The number of hydrogen-bond acceptors (Lipinski definition) is 3. The van der Waals surface area contributed by atoms with Gasteiger partial charge < -0.3 is 4.74 Å². The van der Waals surface area contributed by atoms with Gasteiger partial charge in [-0.1, -0.05) is 29.8 Å². The summed E-state index contributed by atoms with van der Waals surface area (Å²) in [6, 6.07) is 7.10. The molecule has 0 saturated carbocycles. The fourth-order valence-electron chi connectivity index (χ4n) is 2.64. The first-order chi connectivity index (χ1) is 11.3. The van der Waals surface area contributed by atoms with Crippen molar-refractivity contribution in [1.82, 2.24) is 4.90 Å². The minimum absolute atomic E-state index is 0.0488. The molecule has 24 heavy (non-hydrogen) atoms. The topological polar surface area (TPSA) is 46.6 Å². The first-order valence-corrected chi connectivity index (χ1v) is 8.58. The monoisotopic (exact) mass is 349 g/mol. The van der Waals surface area contributed by atoms with E-state index in [4.69, 9.17) is 16.3 Å². The predicted octanol–water partition coefficient (Wildman–Crippen LogP) is 4.41. The zero-order chi connectivity index (χ0) is 17.7. The number of halogens is 1. The normalized spacial score (nSPS) is 18.2. The second-order valence-corrected chi connectivity index (χ2v) is 7.40. The zero-order valence-corrected chi connectivity index (χ0v) is 15.2. The van der Waals surface area contributed by atoms with Gasteiger partial charge in [-0.05, 0) is 63.8 Å². The van der Waals surface area contributed by atoms with Crippen LogP contribution in [0.4, 0.5) is 4.79 Å². The van der Waals surface area contributed by atoms with Gasteiger partial charge in [0.1, 0.15) is 5.60 Å². The van der Waals surface area contributed by atoms with Crippen LogP contribution in [0.25, 0.3) is 0 Å². The Balaban J connectivity index is 1.93. The summed E-state index contributed by atoms with van der Waals surface area (Å²) in [7, 11) is 0. The number of ketones is 1. The van der Waals surface area contributed by atoms with Crippen LogP contribution in [0.15, 0.2) is 36.4 Å². The van der Waals surface area contributed by atoms with Crippen LogP contribution in [0.1, 0.15) is 39.2 Å². The molecule has 0 aromatic heterocycles. The lowest BCUT2D eigenvalue weighted by molar-refractivity contribution is -0.118. The second-order valence-electron chi connectivity index (χ2n) is 6.97. The largest absolute Gasteiger partial charge is 0.444 e. The Morgan fingerprint density at radius 1 is 1.29 bits per heavy atom. The van der Waals surface area contributed by atoms with Gasteiger partial charge in [0.25, 0.3) is 0 Å². The Labute approximate surface area is 148 Å². The number of nitrogens with zero attached hydrogens (tertiary/aromatic N) is 1. The molecule has 1 saturated heterocycles. The van der Waals surface area contributed by atoms with E-state index in [1.807, 2.05) is 51.1 Å². The van der Waals surface area contributed by atoms with Gasteiger partial charge in [0, 0.05) is 11.6 Å². The van der Waals surface area contributed by atoms with Crippen molar-refractivity contribution < 1.29 is 14.3 Å². The highest BCUT2D eigenvalue weighted by Crippen LogP contribution is 2.22. The molecule has 2 rings (SSSR count). The van der Waals surface area contributed by atoms with Crippen molar-refractivity contribution >= 4 is 23.5 Å². The van der Waals surface area contributed by atoms with Gasteiger partial charge in [-0.15, -0.1) is 0 Å². The van der Waals surface area contributed by atoms with Gasteiger partial charge >= 0.3 is 6.09 Å². The molecule has 1 heterocycles. The smallest absolute Gasteiger partial charge is 0.410 e. The molecule has 1 aromatic carbocycles. The van der Waals surface area contributed by atoms with E-state index in [0.717, 1.165) is 12.0 Å². The summed E-state index contributed by atoms with van der Waals surface area (Å²) in [5.41, 5.74) is 0.524. The molecule has 0 bridgehead atoms. The molecule has 4 nitrogen and oxygen atoms in total. The lowest BCUT2D eigenvalue weighted by Gasteiger charge is -2.27. The second kappa shape index (κ2) is 7.84. The van der Waals surface area contributed by atoms with Gasteiger partial charge in [0.2, 0.25) is 0 Å². The van der Waals surface area contributed by atoms with E-state index < -0.39 is 17.7 Å².